The molecular formula is C21H22N4O4S. The molecule has 156 valence electrons. The number of aryl methyl sites for hydroxylation is 1. The molecule has 3 aromatic rings. The van der Waals surface area contributed by atoms with E-state index in [0.29, 0.717) is 27.4 Å². The Morgan fingerprint density at radius 1 is 1.37 bits per heavy atom. The van der Waals surface area contributed by atoms with E-state index in [1.54, 1.807) is 25.1 Å². The number of aromatic nitrogens is 3. The molecule has 0 radical (unpaired) electrons. The van der Waals surface area contributed by atoms with E-state index in [1.807, 2.05) is 0 Å². The second kappa shape index (κ2) is 7.98. The molecule has 0 saturated heterocycles. The van der Waals surface area contributed by atoms with Crippen molar-refractivity contribution in [3.63, 3.8) is 0 Å². The highest BCUT2D eigenvalue weighted by Gasteiger charge is 2.26. The first-order chi connectivity index (χ1) is 14.4. The van der Waals surface area contributed by atoms with Crippen LogP contribution in [0.2, 0.25) is 0 Å². The summed E-state index contributed by atoms with van der Waals surface area (Å²) in [6, 6.07) is 5.54. The van der Waals surface area contributed by atoms with Gasteiger partial charge in [-0.2, -0.15) is 4.68 Å². The standard InChI is InChI=1S/C21H22N4O4S/c1-11-7-8-15-16(9-11)30-19-17(15)20(27)25(24-23-19)12(2)18(26)22-14-6-4-5-13(10-14)21(28)29-3/h4-6,10-12H,7-9H2,1-3H3,(H,22,26). The molecule has 0 fully saturated rings. The average molecular weight is 426 g/mol. The Hall–Kier alpha value is -3.07. The van der Waals surface area contributed by atoms with Crippen molar-refractivity contribution >= 4 is 39.1 Å². The van der Waals surface area contributed by atoms with Crippen LogP contribution in [0.15, 0.2) is 29.1 Å². The smallest absolute Gasteiger partial charge is 0.337 e. The first-order valence-electron chi connectivity index (χ1n) is 9.78. The van der Waals surface area contributed by atoms with Crippen LogP contribution in [0.25, 0.3) is 10.2 Å². The molecule has 1 aliphatic carbocycles. The van der Waals surface area contributed by atoms with Crippen LogP contribution in [0.1, 0.15) is 47.1 Å². The second-order valence-corrected chi connectivity index (χ2v) is 8.69. The molecule has 1 aliphatic rings. The van der Waals surface area contributed by atoms with E-state index in [9.17, 15) is 14.4 Å². The number of carbonyl (C=O) groups excluding carboxylic acids is 2. The minimum atomic E-state index is -0.866. The Morgan fingerprint density at radius 3 is 2.93 bits per heavy atom. The monoisotopic (exact) mass is 426 g/mol. The Kier molecular flexibility index (Phi) is 5.38. The van der Waals surface area contributed by atoms with Gasteiger partial charge in [0.05, 0.1) is 18.1 Å². The molecule has 2 heterocycles. The fourth-order valence-corrected chi connectivity index (χ4v) is 5.04. The largest absolute Gasteiger partial charge is 0.465 e. The van der Waals surface area contributed by atoms with Crippen LogP contribution >= 0.6 is 11.3 Å². The summed E-state index contributed by atoms with van der Waals surface area (Å²) < 4.78 is 5.83. The molecule has 2 aromatic heterocycles. The minimum Gasteiger partial charge on any atom is -0.465 e. The molecule has 9 heteroatoms. The average Bonchev–Trinajstić information content (AvgIpc) is 3.11. The summed E-state index contributed by atoms with van der Waals surface area (Å²) in [6.07, 6.45) is 2.83. The van der Waals surface area contributed by atoms with E-state index in [2.05, 4.69) is 22.6 Å². The lowest BCUT2D eigenvalue weighted by Crippen LogP contribution is -2.34. The van der Waals surface area contributed by atoms with Crippen LogP contribution < -0.4 is 10.9 Å². The quantitative estimate of drug-likeness (QED) is 0.644. The Morgan fingerprint density at radius 2 is 2.17 bits per heavy atom. The van der Waals surface area contributed by atoms with Crippen LogP contribution in [-0.4, -0.2) is 34.0 Å². The van der Waals surface area contributed by atoms with E-state index in [1.165, 1.54) is 29.4 Å². The van der Waals surface area contributed by atoms with Crippen LogP contribution in [0.4, 0.5) is 5.69 Å². The number of methoxy groups -OCH3 is 1. The number of anilines is 1. The summed E-state index contributed by atoms with van der Waals surface area (Å²) in [5, 5.41) is 11.6. The second-order valence-electron chi connectivity index (χ2n) is 7.61. The first kappa shape index (κ1) is 20.2. The van der Waals surface area contributed by atoms with Crippen molar-refractivity contribution in [1.29, 1.82) is 0 Å². The van der Waals surface area contributed by atoms with Gasteiger partial charge in [0.15, 0.2) is 4.83 Å². The lowest BCUT2D eigenvalue weighted by atomic mass is 9.89. The number of rotatable bonds is 4. The SMILES string of the molecule is COC(=O)c1cccc(NC(=O)C(C)n2nnc3sc4c(c3c2=O)CCC(C)C4)c1. The highest BCUT2D eigenvalue weighted by atomic mass is 32.1. The molecule has 1 amide bonds. The molecule has 0 bridgehead atoms. The maximum Gasteiger partial charge on any atom is 0.337 e. The van der Waals surface area contributed by atoms with E-state index in [4.69, 9.17) is 4.74 Å². The highest BCUT2D eigenvalue weighted by Crippen LogP contribution is 2.35. The van der Waals surface area contributed by atoms with Crippen molar-refractivity contribution in [1.82, 2.24) is 15.0 Å². The van der Waals surface area contributed by atoms with Gasteiger partial charge in [-0.3, -0.25) is 9.59 Å². The number of hydrogen-bond acceptors (Lipinski definition) is 7. The predicted octanol–water partition coefficient (Wildman–Crippen LogP) is 2.96. The molecule has 0 saturated carbocycles. The van der Waals surface area contributed by atoms with Gasteiger partial charge in [0.25, 0.3) is 5.56 Å². The Balaban J connectivity index is 1.62. The molecule has 2 unspecified atom stereocenters. The Bertz CT molecular complexity index is 1200. The molecule has 8 nitrogen and oxygen atoms in total. The molecule has 30 heavy (non-hydrogen) atoms. The van der Waals surface area contributed by atoms with Crippen LogP contribution in [-0.2, 0) is 22.4 Å². The fraction of sp³-hybridized carbons (Fsp3) is 0.381. The van der Waals surface area contributed by atoms with Gasteiger partial charge in [0.1, 0.15) is 6.04 Å². The number of nitrogens with zero attached hydrogens (tertiary/aromatic N) is 3. The van der Waals surface area contributed by atoms with Crippen molar-refractivity contribution < 1.29 is 14.3 Å². The van der Waals surface area contributed by atoms with E-state index >= 15 is 0 Å². The maximum atomic E-state index is 13.1. The van der Waals surface area contributed by atoms with Crippen molar-refractivity contribution in [2.75, 3.05) is 12.4 Å². The van der Waals surface area contributed by atoms with Crippen LogP contribution in [0, 0.1) is 5.92 Å². The van der Waals surface area contributed by atoms with Crippen molar-refractivity contribution in [3.05, 3.63) is 50.6 Å². The summed E-state index contributed by atoms with van der Waals surface area (Å²) in [7, 11) is 1.29. The highest BCUT2D eigenvalue weighted by molar-refractivity contribution is 7.18. The van der Waals surface area contributed by atoms with Crippen LogP contribution in [0.3, 0.4) is 0 Å². The maximum absolute atomic E-state index is 13.1. The summed E-state index contributed by atoms with van der Waals surface area (Å²) in [5.41, 5.74) is 1.51. The zero-order chi connectivity index (χ0) is 21.4. The predicted molar refractivity (Wildman–Crippen MR) is 114 cm³/mol. The van der Waals surface area contributed by atoms with Gasteiger partial charge >= 0.3 is 5.97 Å². The topological polar surface area (TPSA) is 103 Å². The number of nitrogens with one attached hydrogen (secondary N) is 1. The van der Waals surface area contributed by atoms with E-state index in [-0.39, 0.29) is 5.56 Å². The normalized spacial score (nSPS) is 16.7. The van der Waals surface area contributed by atoms with E-state index < -0.39 is 17.9 Å². The molecule has 0 spiro atoms. The lowest BCUT2D eigenvalue weighted by Gasteiger charge is -2.17. The summed E-state index contributed by atoms with van der Waals surface area (Å²) in [5.74, 6) is -0.333. The number of carbonyl (C=O) groups is 2. The van der Waals surface area contributed by atoms with Gasteiger partial charge in [-0.05, 0) is 55.9 Å². The molecular weight excluding hydrogens is 404 g/mol. The van der Waals surface area contributed by atoms with Gasteiger partial charge in [-0.1, -0.05) is 18.2 Å². The number of benzene rings is 1. The van der Waals surface area contributed by atoms with Crippen LogP contribution in [0.5, 0.6) is 0 Å². The third kappa shape index (κ3) is 3.60. The summed E-state index contributed by atoms with van der Waals surface area (Å²) >= 11 is 1.52. The number of amides is 1. The van der Waals surface area contributed by atoms with Crippen molar-refractivity contribution in [3.8, 4) is 0 Å². The number of thiophene rings is 1. The van der Waals surface area contributed by atoms with Gasteiger partial charge in [-0.15, -0.1) is 16.4 Å². The van der Waals surface area contributed by atoms with Gasteiger partial charge < -0.3 is 10.1 Å². The molecule has 1 N–H and O–H groups in total. The van der Waals surface area contributed by atoms with Gasteiger partial charge in [0, 0.05) is 10.6 Å². The minimum absolute atomic E-state index is 0.294. The molecule has 4 rings (SSSR count). The third-order valence-corrected chi connectivity index (χ3v) is 6.58. The molecule has 1 aromatic carbocycles. The molecule has 2 atom stereocenters. The summed E-state index contributed by atoms with van der Waals surface area (Å²) in [6.45, 7) is 3.81. The van der Waals surface area contributed by atoms with Gasteiger partial charge in [0.2, 0.25) is 5.91 Å². The number of hydrogen-bond donors (Lipinski definition) is 1. The summed E-state index contributed by atoms with van der Waals surface area (Å²) in [4.78, 5) is 39.4. The first-order valence-corrected chi connectivity index (χ1v) is 10.6. The lowest BCUT2D eigenvalue weighted by molar-refractivity contribution is -0.119. The van der Waals surface area contributed by atoms with Gasteiger partial charge in [-0.25, -0.2) is 4.79 Å². The third-order valence-electron chi connectivity index (χ3n) is 5.44. The van der Waals surface area contributed by atoms with Crippen molar-refractivity contribution in [2.24, 2.45) is 5.92 Å². The number of fused-ring (bicyclic) bond motifs is 3. The Labute approximate surface area is 176 Å². The van der Waals surface area contributed by atoms with E-state index in [0.717, 1.165) is 29.5 Å². The zero-order valence-electron chi connectivity index (χ0n) is 17.0. The fourth-order valence-electron chi connectivity index (χ4n) is 3.72. The van der Waals surface area contributed by atoms with Crippen molar-refractivity contribution in [2.45, 2.75) is 39.2 Å². The zero-order valence-corrected chi connectivity index (χ0v) is 17.8. The molecule has 0 aliphatic heterocycles. The number of ether oxygens (including phenoxy) is 1. The number of esters is 1.